The Hall–Kier alpha value is -5.06. The van der Waals surface area contributed by atoms with Crippen LogP contribution in [0.3, 0.4) is 0 Å². The standard InChI is InChI=1S/C54H78N4O10Si/c1-38(2)69(39(3)4,40(5)6)68-47-35-51(58-36-41(7)52(62)57(53(58)63)33-17-11-15-31-55-49(60)29-30-50(61)56-32-16-12-18-34-59)67-48(47)37-66-54(42-19-13-10-14-20-42,43-21-25-45(64-8)26-22-43)44-23-27-46(65-9)28-24-44/h10,13-14,19-28,36,38-40,47-48,51,59H,11-12,15-18,29-35,37H2,1-9H3,(H,55,60)(H,56,61)/t47-,48+,51+/m0/s1. The molecule has 3 N–H and O–H groups in total. The van der Waals surface area contributed by atoms with Crippen LogP contribution >= 0.6 is 0 Å². The van der Waals surface area contributed by atoms with Gasteiger partial charge in [-0.1, -0.05) is 96.1 Å². The smallest absolute Gasteiger partial charge is 0.333 e. The largest absolute Gasteiger partial charge is 0.497 e. The van der Waals surface area contributed by atoms with Crippen LogP contribution in [-0.4, -0.2) is 87.1 Å². The van der Waals surface area contributed by atoms with Crippen LogP contribution in [0.25, 0.3) is 0 Å². The summed E-state index contributed by atoms with van der Waals surface area (Å²) < 4.78 is 36.0. The van der Waals surface area contributed by atoms with Crippen molar-refractivity contribution < 1.29 is 38.1 Å². The quantitative estimate of drug-likeness (QED) is 0.0285. The molecule has 2 heterocycles. The van der Waals surface area contributed by atoms with Crippen LogP contribution in [0.4, 0.5) is 0 Å². The number of nitrogens with one attached hydrogen (secondary N) is 2. The van der Waals surface area contributed by atoms with E-state index in [1.807, 2.05) is 66.7 Å². The monoisotopic (exact) mass is 971 g/mol. The van der Waals surface area contributed by atoms with E-state index in [1.165, 1.54) is 4.57 Å². The van der Waals surface area contributed by atoms with Crippen molar-refractivity contribution >= 4 is 20.1 Å². The minimum atomic E-state index is -2.51. The third-order valence-electron chi connectivity index (χ3n) is 13.7. The summed E-state index contributed by atoms with van der Waals surface area (Å²) in [4.78, 5) is 52.6. The van der Waals surface area contributed by atoms with Gasteiger partial charge in [0, 0.05) is 57.3 Å². The molecular formula is C54H78N4O10Si. The first-order chi connectivity index (χ1) is 33.1. The van der Waals surface area contributed by atoms with E-state index >= 15 is 0 Å². The lowest BCUT2D eigenvalue weighted by Gasteiger charge is -2.45. The van der Waals surface area contributed by atoms with Crippen molar-refractivity contribution in [3.63, 3.8) is 0 Å². The average Bonchev–Trinajstić information content (AvgIpc) is 3.75. The highest BCUT2D eigenvalue weighted by Gasteiger charge is 2.51. The molecule has 0 spiro atoms. The third-order valence-corrected chi connectivity index (χ3v) is 19.8. The highest BCUT2D eigenvalue weighted by molar-refractivity contribution is 6.77. The molecule has 14 nitrogen and oxygen atoms in total. The van der Waals surface area contributed by atoms with Gasteiger partial charge in [0.2, 0.25) is 20.1 Å². The van der Waals surface area contributed by atoms with Gasteiger partial charge in [0.25, 0.3) is 5.56 Å². The molecule has 3 aromatic carbocycles. The predicted octanol–water partition coefficient (Wildman–Crippen LogP) is 8.54. The molecule has 69 heavy (non-hydrogen) atoms. The fourth-order valence-electron chi connectivity index (χ4n) is 10.1. The molecule has 1 aromatic heterocycles. The number of aromatic nitrogens is 2. The minimum Gasteiger partial charge on any atom is -0.497 e. The van der Waals surface area contributed by atoms with Crippen LogP contribution < -0.4 is 31.4 Å². The summed E-state index contributed by atoms with van der Waals surface area (Å²) in [6.45, 7) is 16.6. The Labute approximate surface area is 410 Å². The molecule has 15 heteroatoms. The van der Waals surface area contributed by atoms with Gasteiger partial charge in [-0.15, -0.1) is 0 Å². The number of benzene rings is 3. The lowest BCUT2D eigenvalue weighted by Crippen LogP contribution is -2.52. The molecule has 4 aromatic rings. The van der Waals surface area contributed by atoms with E-state index in [4.69, 9.17) is 28.5 Å². The van der Waals surface area contributed by atoms with Crippen LogP contribution in [0.5, 0.6) is 11.5 Å². The molecule has 1 fully saturated rings. The van der Waals surface area contributed by atoms with Crippen molar-refractivity contribution in [1.82, 2.24) is 19.8 Å². The van der Waals surface area contributed by atoms with Gasteiger partial charge < -0.3 is 39.1 Å². The Morgan fingerprint density at radius 1 is 0.739 bits per heavy atom. The zero-order valence-electron chi connectivity index (χ0n) is 42.5. The molecule has 378 valence electrons. The summed E-state index contributed by atoms with van der Waals surface area (Å²) in [7, 11) is 0.779. The molecule has 1 saturated heterocycles. The number of methoxy groups -OCH3 is 2. The van der Waals surface area contributed by atoms with Gasteiger partial charge in [-0.2, -0.15) is 0 Å². The van der Waals surface area contributed by atoms with Gasteiger partial charge in [0.1, 0.15) is 29.4 Å². The van der Waals surface area contributed by atoms with E-state index in [1.54, 1.807) is 31.9 Å². The topological polar surface area (TPSA) is 169 Å². The fourth-order valence-corrected chi connectivity index (χ4v) is 15.7. The number of carbonyl (C=O) groups excluding carboxylic acids is 2. The van der Waals surface area contributed by atoms with Crippen molar-refractivity contribution in [2.45, 2.75) is 153 Å². The predicted molar refractivity (Wildman–Crippen MR) is 272 cm³/mol. The molecule has 0 aliphatic carbocycles. The average molecular weight is 971 g/mol. The molecule has 5 rings (SSSR count). The maximum absolute atomic E-state index is 14.4. The van der Waals surface area contributed by atoms with E-state index in [0.29, 0.717) is 62.3 Å². The molecule has 0 bridgehead atoms. The van der Waals surface area contributed by atoms with Gasteiger partial charge in [0.15, 0.2) is 0 Å². The second-order valence-electron chi connectivity index (χ2n) is 19.2. The van der Waals surface area contributed by atoms with E-state index in [2.05, 4.69) is 64.3 Å². The number of hydrogen-bond donors (Lipinski definition) is 3. The number of unbranched alkanes of at least 4 members (excludes halogenated alkanes) is 4. The molecule has 0 unspecified atom stereocenters. The van der Waals surface area contributed by atoms with Gasteiger partial charge in [-0.3, -0.25) is 23.5 Å². The Morgan fingerprint density at radius 2 is 1.25 bits per heavy atom. The van der Waals surface area contributed by atoms with Crippen molar-refractivity contribution in [1.29, 1.82) is 0 Å². The number of aryl methyl sites for hydroxylation is 1. The third kappa shape index (κ3) is 13.6. The van der Waals surface area contributed by atoms with E-state index in [-0.39, 0.29) is 66.6 Å². The maximum atomic E-state index is 14.4. The normalized spacial score (nSPS) is 16.3. The summed E-state index contributed by atoms with van der Waals surface area (Å²) in [5.74, 6) is 1.06. The summed E-state index contributed by atoms with van der Waals surface area (Å²) >= 11 is 0. The molecular weight excluding hydrogens is 893 g/mol. The van der Waals surface area contributed by atoms with E-state index in [9.17, 15) is 19.2 Å². The number of aliphatic hydroxyl groups excluding tert-OH is 1. The zero-order valence-corrected chi connectivity index (χ0v) is 43.5. The number of carbonyl (C=O) groups is 2. The van der Waals surface area contributed by atoms with Crippen molar-refractivity contribution in [3.8, 4) is 11.5 Å². The van der Waals surface area contributed by atoms with Gasteiger partial charge in [-0.05, 0) is 103 Å². The minimum absolute atomic E-state index is 0.0949. The molecule has 3 atom stereocenters. The molecule has 1 aliphatic rings. The number of hydrogen-bond acceptors (Lipinski definition) is 10. The van der Waals surface area contributed by atoms with Crippen LogP contribution in [-0.2, 0) is 35.6 Å². The van der Waals surface area contributed by atoms with Crippen LogP contribution in [0, 0.1) is 6.92 Å². The first-order valence-corrected chi connectivity index (χ1v) is 27.0. The fraction of sp³-hybridized carbons (Fsp3) is 0.556. The van der Waals surface area contributed by atoms with Crippen LogP contribution in [0.1, 0.15) is 128 Å². The number of amides is 2. The molecule has 1 aliphatic heterocycles. The van der Waals surface area contributed by atoms with E-state index < -0.39 is 38.0 Å². The van der Waals surface area contributed by atoms with E-state index in [0.717, 1.165) is 29.5 Å². The zero-order chi connectivity index (χ0) is 50.1. The summed E-state index contributed by atoms with van der Waals surface area (Å²) in [6, 6.07) is 25.9. The summed E-state index contributed by atoms with van der Waals surface area (Å²) in [6.07, 6.45) is 4.60. The lowest BCUT2D eigenvalue weighted by atomic mass is 9.80. The van der Waals surface area contributed by atoms with Crippen LogP contribution in [0.2, 0.25) is 16.6 Å². The SMILES string of the molecule is COc1ccc(C(OC[C@H]2O[C@@H](n3cc(C)c(=O)n(CCCCCNC(=O)CCC(=O)NCCCCCO)c3=O)C[C@@H]2O[Si](C(C)C)(C(C)C)C(C)C)(c2ccccc2)c2ccc(OC)cc2)cc1. The summed E-state index contributed by atoms with van der Waals surface area (Å²) in [5, 5.41) is 14.6. The first kappa shape index (κ1) is 54.9. The number of rotatable bonds is 28. The second kappa shape index (κ2) is 26.2. The van der Waals surface area contributed by atoms with Gasteiger partial charge in [-0.25, -0.2) is 4.79 Å². The Kier molecular flexibility index (Phi) is 20.9. The van der Waals surface area contributed by atoms with Gasteiger partial charge >= 0.3 is 5.69 Å². The van der Waals surface area contributed by atoms with Gasteiger partial charge in [0.05, 0.1) is 26.9 Å². The number of aliphatic hydroxyl groups is 1. The highest BCUT2D eigenvalue weighted by atomic mass is 28.4. The second-order valence-corrected chi connectivity index (χ2v) is 24.6. The molecule has 0 radical (unpaired) electrons. The molecule has 0 saturated carbocycles. The Bertz CT molecular complexity index is 2260. The lowest BCUT2D eigenvalue weighted by molar-refractivity contribution is -0.126. The first-order valence-electron chi connectivity index (χ1n) is 24.9. The Balaban J connectivity index is 1.39. The highest BCUT2D eigenvalue weighted by Crippen LogP contribution is 2.47. The molecule has 2 amide bonds. The maximum Gasteiger partial charge on any atom is 0.333 e. The van der Waals surface area contributed by atoms with Crippen molar-refractivity contribution in [3.05, 3.63) is 128 Å². The van der Waals surface area contributed by atoms with Crippen LogP contribution in [0.15, 0.2) is 94.6 Å². The van der Waals surface area contributed by atoms with Crippen molar-refractivity contribution in [2.75, 3.05) is 40.5 Å². The number of nitrogens with zero attached hydrogens (tertiary/aromatic N) is 2. The van der Waals surface area contributed by atoms with Crippen molar-refractivity contribution in [2.24, 2.45) is 0 Å². The Morgan fingerprint density at radius 3 is 1.74 bits per heavy atom. The number of ether oxygens (including phenoxy) is 4. The summed E-state index contributed by atoms with van der Waals surface area (Å²) in [5.41, 5.74) is 2.03.